The Hall–Kier alpha value is -1.83. The molecule has 0 N–H and O–H groups in total. The third-order valence-corrected chi connectivity index (χ3v) is 3.38. The van der Waals surface area contributed by atoms with E-state index in [0.717, 1.165) is 34.9 Å². The van der Waals surface area contributed by atoms with Crippen molar-refractivity contribution in [1.82, 2.24) is 0 Å². The second kappa shape index (κ2) is 6.37. The first-order valence-electron chi connectivity index (χ1n) is 6.82. The highest BCUT2D eigenvalue weighted by atomic mass is 16.5. The lowest BCUT2D eigenvalue weighted by Gasteiger charge is -2.08. The lowest BCUT2D eigenvalue weighted by molar-refractivity contribution is -0.118. The predicted octanol–water partition coefficient (Wildman–Crippen LogP) is 4.15. The van der Waals surface area contributed by atoms with Gasteiger partial charge in [0.15, 0.2) is 0 Å². The maximum atomic E-state index is 11.9. The third-order valence-electron chi connectivity index (χ3n) is 3.38. The first-order chi connectivity index (χ1) is 9.24. The number of rotatable bonds is 6. The van der Waals surface area contributed by atoms with Crippen LogP contribution in [0.4, 0.5) is 0 Å². The lowest BCUT2D eigenvalue weighted by Crippen LogP contribution is -2.02. The Morgan fingerprint density at radius 1 is 1.21 bits per heavy atom. The molecule has 100 valence electrons. The average molecular weight is 256 g/mol. The van der Waals surface area contributed by atoms with Crippen LogP contribution < -0.4 is 4.74 Å². The maximum Gasteiger partial charge on any atom is 0.137 e. The van der Waals surface area contributed by atoms with E-state index in [4.69, 9.17) is 4.74 Å². The number of hydrogen-bond donors (Lipinski definition) is 0. The van der Waals surface area contributed by atoms with Gasteiger partial charge < -0.3 is 4.74 Å². The molecule has 0 aliphatic carbocycles. The summed E-state index contributed by atoms with van der Waals surface area (Å²) < 4.78 is 5.26. The molecule has 0 fully saturated rings. The smallest absolute Gasteiger partial charge is 0.137 e. The van der Waals surface area contributed by atoms with Gasteiger partial charge in [-0.1, -0.05) is 37.6 Å². The standard InChI is InChI=1S/C17H20O2/c1-3-4-8-15(18)11-14-7-5-6-13-9-10-16(19-2)12-17(13)14/h5-7,9-10,12H,3-4,8,11H2,1-2H3. The Kier molecular flexibility index (Phi) is 4.56. The molecule has 0 saturated heterocycles. The summed E-state index contributed by atoms with van der Waals surface area (Å²) in [5, 5.41) is 2.27. The molecule has 0 atom stereocenters. The summed E-state index contributed by atoms with van der Waals surface area (Å²) in [6.07, 6.45) is 3.24. The number of carbonyl (C=O) groups is 1. The molecule has 0 unspecified atom stereocenters. The zero-order chi connectivity index (χ0) is 13.7. The van der Waals surface area contributed by atoms with Gasteiger partial charge >= 0.3 is 0 Å². The SMILES string of the molecule is CCCCC(=O)Cc1cccc2ccc(OC)cc12. The number of carbonyl (C=O) groups excluding carboxylic acids is 1. The van der Waals surface area contributed by atoms with Crippen LogP contribution in [0.5, 0.6) is 5.75 Å². The summed E-state index contributed by atoms with van der Waals surface area (Å²) in [5.74, 6) is 1.15. The van der Waals surface area contributed by atoms with Crippen molar-refractivity contribution < 1.29 is 9.53 Å². The third kappa shape index (κ3) is 3.34. The maximum absolute atomic E-state index is 11.9. The second-order valence-corrected chi connectivity index (χ2v) is 4.82. The summed E-state index contributed by atoms with van der Waals surface area (Å²) in [4.78, 5) is 11.9. The summed E-state index contributed by atoms with van der Waals surface area (Å²) in [6, 6.07) is 12.1. The number of benzene rings is 2. The quantitative estimate of drug-likeness (QED) is 0.776. The molecule has 0 radical (unpaired) electrons. The topological polar surface area (TPSA) is 26.3 Å². The zero-order valence-electron chi connectivity index (χ0n) is 11.6. The van der Waals surface area contributed by atoms with E-state index < -0.39 is 0 Å². The van der Waals surface area contributed by atoms with Gasteiger partial charge in [-0.3, -0.25) is 4.79 Å². The number of hydrogen-bond acceptors (Lipinski definition) is 2. The van der Waals surface area contributed by atoms with E-state index in [2.05, 4.69) is 13.0 Å². The van der Waals surface area contributed by atoms with Crippen LogP contribution in [0.25, 0.3) is 10.8 Å². The number of unbranched alkanes of at least 4 members (excludes halogenated alkanes) is 1. The second-order valence-electron chi connectivity index (χ2n) is 4.82. The van der Waals surface area contributed by atoms with Gasteiger partial charge in [0, 0.05) is 12.8 Å². The van der Waals surface area contributed by atoms with E-state index >= 15 is 0 Å². The van der Waals surface area contributed by atoms with Crippen LogP contribution in [-0.4, -0.2) is 12.9 Å². The predicted molar refractivity (Wildman–Crippen MR) is 78.7 cm³/mol. The first-order valence-corrected chi connectivity index (χ1v) is 6.82. The molecule has 0 aromatic heterocycles. The number of methoxy groups -OCH3 is 1. The Morgan fingerprint density at radius 3 is 2.79 bits per heavy atom. The highest BCUT2D eigenvalue weighted by Gasteiger charge is 2.07. The molecule has 0 spiro atoms. The molecule has 2 aromatic rings. The van der Waals surface area contributed by atoms with Crippen molar-refractivity contribution in [1.29, 1.82) is 0 Å². The molecule has 2 rings (SSSR count). The van der Waals surface area contributed by atoms with Crippen molar-refractivity contribution in [3.05, 3.63) is 42.0 Å². The monoisotopic (exact) mass is 256 g/mol. The molecular formula is C17H20O2. The lowest BCUT2D eigenvalue weighted by atomic mass is 9.98. The van der Waals surface area contributed by atoms with Crippen LogP contribution in [0.3, 0.4) is 0 Å². The number of Topliss-reactive ketones (excluding diaryl/α,β-unsaturated/α-hetero) is 1. The van der Waals surface area contributed by atoms with Crippen LogP contribution in [0.1, 0.15) is 31.7 Å². The van der Waals surface area contributed by atoms with Gasteiger partial charge in [0.25, 0.3) is 0 Å². The fourth-order valence-electron chi connectivity index (χ4n) is 2.27. The average Bonchev–Trinajstić information content (AvgIpc) is 2.45. The molecule has 0 bridgehead atoms. The van der Waals surface area contributed by atoms with Crippen molar-refractivity contribution in [3.8, 4) is 5.75 Å². The van der Waals surface area contributed by atoms with Crippen molar-refractivity contribution in [2.75, 3.05) is 7.11 Å². The Balaban J connectivity index is 2.29. The summed E-state index contributed by atoms with van der Waals surface area (Å²) >= 11 is 0. The minimum atomic E-state index is 0.317. The van der Waals surface area contributed by atoms with Gasteiger partial charge in [0.2, 0.25) is 0 Å². The number of ether oxygens (including phenoxy) is 1. The van der Waals surface area contributed by atoms with Gasteiger partial charge in [-0.15, -0.1) is 0 Å². The van der Waals surface area contributed by atoms with Crippen molar-refractivity contribution in [3.63, 3.8) is 0 Å². The van der Waals surface area contributed by atoms with E-state index in [0.29, 0.717) is 18.6 Å². The van der Waals surface area contributed by atoms with Crippen LogP contribution in [0.2, 0.25) is 0 Å². The molecule has 0 saturated carbocycles. The van der Waals surface area contributed by atoms with Crippen molar-refractivity contribution in [2.45, 2.75) is 32.6 Å². The molecule has 2 aromatic carbocycles. The first kappa shape index (κ1) is 13.6. The molecule has 0 aliphatic heterocycles. The van der Waals surface area contributed by atoms with Crippen LogP contribution >= 0.6 is 0 Å². The highest BCUT2D eigenvalue weighted by molar-refractivity contribution is 5.91. The van der Waals surface area contributed by atoms with Gasteiger partial charge in [-0.25, -0.2) is 0 Å². The molecule has 19 heavy (non-hydrogen) atoms. The van der Waals surface area contributed by atoms with Crippen LogP contribution in [0.15, 0.2) is 36.4 Å². The van der Waals surface area contributed by atoms with E-state index in [1.165, 1.54) is 0 Å². The van der Waals surface area contributed by atoms with E-state index in [9.17, 15) is 4.79 Å². The minimum Gasteiger partial charge on any atom is -0.497 e. The van der Waals surface area contributed by atoms with Gasteiger partial charge in [-0.05, 0) is 34.9 Å². The molecule has 0 amide bonds. The van der Waals surface area contributed by atoms with Crippen molar-refractivity contribution in [2.24, 2.45) is 0 Å². The van der Waals surface area contributed by atoms with E-state index in [1.54, 1.807) is 7.11 Å². The van der Waals surface area contributed by atoms with Gasteiger partial charge in [-0.2, -0.15) is 0 Å². The summed E-state index contributed by atoms with van der Waals surface area (Å²) in [7, 11) is 1.66. The summed E-state index contributed by atoms with van der Waals surface area (Å²) in [6.45, 7) is 2.11. The molecule has 2 heteroatoms. The van der Waals surface area contributed by atoms with Gasteiger partial charge in [0.1, 0.15) is 11.5 Å². The fourth-order valence-corrected chi connectivity index (χ4v) is 2.27. The number of fused-ring (bicyclic) bond motifs is 1. The largest absolute Gasteiger partial charge is 0.497 e. The zero-order valence-corrected chi connectivity index (χ0v) is 11.6. The van der Waals surface area contributed by atoms with Gasteiger partial charge in [0.05, 0.1) is 7.11 Å². The van der Waals surface area contributed by atoms with Crippen LogP contribution in [0, 0.1) is 0 Å². The molecule has 0 heterocycles. The Labute approximate surface area is 114 Å². The fraction of sp³-hybridized carbons (Fsp3) is 0.353. The molecule has 2 nitrogen and oxygen atoms in total. The van der Waals surface area contributed by atoms with Crippen LogP contribution in [-0.2, 0) is 11.2 Å². The highest BCUT2D eigenvalue weighted by Crippen LogP contribution is 2.24. The molecule has 0 aliphatic rings. The van der Waals surface area contributed by atoms with Crippen molar-refractivity contribution >= 4 is 16.6 Å². The summed E-state index contributed by atoms with van der Waals surface area (Å²) in [5.41, 5.74) is 1.09. The normalized spacial score (nSPS) is 10.6. The number of ketones is 1. The van der Waals surface area contributed by atoms with E-state index in [1.807, 2.05) is 30.3 Å². The minimum absolute atomic E-state index is 0.317. The van der Waals surface area contributed by atoms with E-state index in [-0.39, 0.29) is 0 Å². The Bertz CT molecular complexity index is 572. The molecular weight excluding hydrogens is 236 g/mol. The Morgan fingerprint density at radius 2 is 2.05 bits per heavy atom.